The van der Waals surface area contributed by atoms with Crippen molar-refractivity contribution in [2.45, 2.75) is 0 Å². The number of amides is 3. The van der Waals surface area contributed by atoms with E-state index in [2.05, 4.69) is 32.5 Å². The number of benzene rings is 1. The van der Waals surface area contributed by atoms with E-state index in [9.17, 15) is 9.59 Å². The highest BCUT2D eigenvalue weighted by Crippen LogP contribution is 2.37. The first-order valence-corrected chi connectivity index (χ1v) is 6.62. The molecule has 1 heterocycles. The predicted molar refractivity (Wildman–Crippen MR) is 79.7 cm³/mol. The van der Waals surface area contributed by atoms with Gasteiger partial charge in [0.25, 0.3) is 5.91 Å². The van der Waals surface area contributed by atoms with Gasteiger partial charge in [-0.15, -0.1) is 6.42 Å². The third-order valence-electron chi connectivity index (χ3n) is 2.58. The molecular weight excluding hydrogens is 340 g/mol. The second kappa shape index (κ2) is 6.33. The molecule has 0 unspecified atom stereocenters. The smallest absolute Gasteiger partial charge is 0.326 e. The monoisotopic (exact) mass is 350 g/mol. The Balaban J connectivity index is 2.37. The van der Waals surface area contributed by atoms with Gasteiger partial charge in [-0.1, -0.05) is 5.92 Å². The summed E-state index contributed by atoms with van der Waals surface area (Å²) in [6, 6.07) is 2.84. The Bertz CT molecular complexity index is 676. The maximum absolute atomic E-state index is 11.5. The van der Waals surface area contributed by atoms with Crippen molar-refractivity contribution < 1.29 is 19.1 Å². The number of rotatable bonds is 4. The molecule has 0 aliphatic carbocycles. The van der Waals surface area contributed by atoms with Gasteiger partial charge >= 0.3 is 6.03 Å². The third-order valence-corrected chi connectivity index (χ3v) is 3.17. The molecule has 1 aromatic carbocycles. The summed E-state index contributed by atoms with van der Waals surface area (Å²) in [7, 11) is 1.49. The van der Waals surface area contributed by atoms with E-state index in [1.165, 1.54) is 13.2 Å². The van der Waals surface area contributed by atoms with Gasteiger partial charge in [-0.3, -0.25) is 10.1 Å². The number of terminal acetylenes is 1. The van der Waals surface area contributed by atoms with Gasteiger partial charge < -0.3 is 14.8 Å². The number of imide groups is 1. The van der Waals surface area contributed by atoms with Crippen LogP contribution in [0.2, 0.25) is 0 Å². The molecule has 1 saturated heterocycles. The van der Waals surface area contributed by atoms with Crippen LogP contribution in [-0.4, -0.2) is 25.7 Å². The number of ether oxygens (including phenoxy) is 2. The number of carbonyl (C=O) groups is 2. The standard InChI is InChI=1S/C14H11BrN2O4/c1-3-4-21-12-9(15)5-8(7-11(12)20-2)6-10-13(18)17-14(19)16-10/h1,5-7H,4H2,2H3,(H2,16,17,18,19)/b10-6+. The summed E-state index contributed by atoms with van der Waals surface area (Å²) in [5, 5.41) is 4.53. The highest BCUT2D eigenvalue weighted by molar-refractivity contribution is 9.10. The predicted octanol–water partition coefficient (Wildman–Crippen LogP) is 1.65. The molecule has 6 nitrogen and oxygen atoms in total. The Morgan fingerprint density at radius 1 is 1.38 bits per heavy atom. The molecule has 1 aliphatic rings. The van der Waals surface area contributed by atoms with E-state index in [0.717, 1.165) is 0 Å². The highest BCUT2D eigenvalue weighted by atomic mass is 79.9. The van der Waals surface area contributed by atoms with Crippen molar-refractivity contribution in [2.24, 2.45) is 0 Å². The Morgan fingerprint density at radius 2 is 2.14 bits per heavy atom. The van der Waals surface area contributed by atoms with Gasteiger partial charge in [-0.05, 0) is 39.7 Å². The van der Waals surface area contributed by atoms with Crippen LogP contribution in [0.3, 0.4) is 0 Å². The van der Waals surface area contributed by atoms with Crippen molar-refractivity contribution in [3.8, 4) is 23.8 Å². The quantitative estimate of drug-likeness (QED) is 0.491. The molecule has 0 saturated carbocycles. The van der Waals surface area contributed by atoms with E-state index in [1.807, 2.05) is 0 Å². The zero-order chi connectivity index (χ0) is 15.4. The summed E-state index contributed by atoms with van der Waals surface area (Å²) in [6.45, 7) is 0.105. The molecule has 1 aliphatic heterocycles. The van der Waals surface area contributed by atoms with Crippen molar-refractivity contribution in [3.63, 3.8) is 0 Å². The fourth-order valence-corrected chi connectivity index (χ4v) is 2.30. The second-order valence-electron chi connectivity index (χ2n) is 3.99. The number of hydrogen-bond donors (Lipinski definition) is 2. The number of urea groups is 1. The number of methoxy groups -OCH3 is 1. The zero-order valence-electron chi connectivity index (χ0n) is 11.0. The maximum atomic E-state index is 11.5. The van der Waals surface area contributed by atoms with Crippen LogP contribution in [0.15, 0.2) is 22.3 Å². The number of hydrogen-bond acceptors (Lipinski definition) is 4. The Kier molecular flexibility index (Phi) is 4.50. The fourth-order valence-electron chi connectivity index (χ4n) is 1.73. The SMILES string of the molecule is C#CCOc1c(Br)cc(/C=C2/NC(=O)NC2=O)cc1OC. The van der Waals surface area contributed by atoms with Crippen LogP contribution in [0.1, 0.15) is 5.56 Å². The summed E-state index contributed by atoms with van der Waals surface area (Å²) in [5.74, 6) is 2.81. The number of halogens is 1. The summed E-state index contributed by atoms with van der Waals surface area (Å²) in [6.07, 6.45) is 6.69. The van der Waals surface area contributed by atoms with Gasteiger partial charge in [-0.25, -0.2) is 4.79 Å². The van der Waals surface area contributed by atoms with Gasteiger partial charge in [0.1, 0.15) is 12.3 Å². The van der Waals surface area contributed by atoms with Crippen LogP contribution in [0.25, 0.3) is 6.08 Å². The molecular formula is C14H11BrN2O4. The van der Waals surface area contributed by atoms with Crippen LogP contribution < -0.4 is 20.1 Å². The lowest BCUT2D eigenvalue weighted by molar-refractivity contribution is -0.115. The van der Waals surface area contributed by atoms with E-state index in [0.29, 0.717) is 21.5 Å². The average molecular weight is 351 g/mol. The van der Waals surface area contributed by atoms with E-state index < -0.39 is 11.9 Å². The lowest BCUT2D eigenvalue weighted by Crippen LogP contribution is -2.22. The molecule has 1 aromatic rings. The average Bonchev–Trinajstić information content (AvgIpc) is 2.75. The lowest BCUT2D eigenvalue weighted by atomic mass is 10.1. The van der Waals surface area contributed by atoms with Gasteiger partial charge in [0.2, 0.25) is 0 Å². The van der Waals surface area contributed by atoms with Gasteiger partial charge in [0.15, 0.2) is 11.5 Å². The summed E-state index contributed by atoms with van der Waals surface area (Å²) in [5.41, 5.74) is 0.811. The van der Waals surface area contributed by atoms with Crippen molar-refractivity contribution in [2.75, 3.05) is 13.7 Å². The van der Waals surface area contributed by atoms with Crippen LogP contribution in [-0.2, 0) is 4.79 Å². The Morgan fingerprint density at radius 3 is 2.71 bits per heavy atom. The molecule has 0 bridgehead atoms. The summed E-state index contributed by atoms with van der Waals surface area (Å²) >= 11 is 3.35. The molecule has 21 heavy (non-hydrogen) atoms. The Labute approximate surface area is 129 Å². The van der Waals surface area contributed by atoms with Crippen molar-refractivity contribution in [1.29, 1.82) is 0 Å². The lowest BCUT2D eigenvalue weighted by Gasteiger charge is -2.12. The molecule has 0 radical (unpaired) electrons. The molecule has 2 rings (SSSR count). The normalized spacial score (nSPS) is 15.4. The number of nitrogens with one attached hydrogen (secondary N) is 2. The minimum atomic E-state index is -0.550. The molecule has 0 atom stereocenters. The molecule has 0 spiro atoms. The minimum absolute atomic E-state index is 0.105. The largest absolute Gasteiger partial charge is 0.493 e. The first-order chi connectivity index (χ1) is 10.0. The molecule has 7 heteroatoms. The van der Waals surface area contributed by atoms with Crippen LogP contribution in [0.5, 0.6) is 11.5 Å². The summed E-state index contributed by atoms with van der Waals surface area (Å²) in [4.78, 5) is 22.5. The van der Waals surface area contributed by atoms with E-state index in [-0.39, 0.29) is 12.3 Å². The number of carbonyl (C=O) groups excluding carboxylic acids is 2. The van der Waals surface area contributed by atoms with Crippen molar-refractivity contribution in [3.05, 3.63) is 27.9 Å². The van der Waals surface area contributed by atoms with Gasteiger partial charge in [0.05, 0.1) is 11.6 Å². The Hall–Kier alpha value is -2.46. The van der Waals surface area contributed by atoms with Gasteiger partial charge in [-0.2, -0.15) is 0 Å². The second-order valence-corrected chi connectivity index (χ2v) is 4.85. The first kappa shape index (κ1) is 14.9. The minimum Gasteiger partial charge on any atom is -0.493 e. The molecule has 3 amide bonds. The highest BCUT2D eigenvalue weighted by Gasteiger charge is 2.23. The van der Waals surface area contributed by atoms with Crippen molar-refractivity contribution >= 4 is 33.9 Å². The van der Waals surface area contributed by atoms with Gasteiger partial charge in [0, 0.05) is 0 Å². The van der Waals surface area contributed by atoms with E-state index >= 15 is 0 Å². The zero-order valence-corrected chi connectivity index (χ0v) is 12.6. The van der Waals surface area contributed by atoms with E-state index in [1.54, 1.807) is 12.1 Å². The molecule has 1 fully saturated rings. The first-order valence-electron chi connectivity index (χ1n) is 5.83. The summed E-state index contributed by atoms with van der Waals surface area (Å²) < 4.78 is 11.2. The van der Waals surface area contributed by atoms with E-state index in [4.69, 9.17) is 15.9 Å². The molecule has 2 N–H and O–H groups in total. The van der Waals surface area contributed by atoms with Crippen LogP contribution in [0.4, 0.5) is 4.79 Å². The molecule has 0 aromatic heterocycles. The van der Waals surface area contributed by atoms with Crippen LogP contribution in [0, 0.1) is 12.3 Å². The molecule has 108 valence electrons. The topological polar surface area (TPSA) is 76.7 Å². The fraction of sp³-hybridized carbons (Fsp3) is 0.143. The van der Waals surface area contributed by atoms with Crippen LogP contribution >= 0.6 is 15.9 Å². The maximum Gasteiger partial charge on any atom is 0.326 e. The van der Waals surface area contributed by atoms with Crippen molar-refractivity contribution in [1.82, 2.24) is 10.6 Å². The third kappa shape index (κ3) is 3.35.